The Labute approximate surface area is 107 Å². The molecule has 0 saturated carbocycles. The Morgan fingerprint density at radius 3 is 2.81 bits per heavy atom. The van der Waals surface area contributed by atoms with Gasteiger partial charge in [-0.15, -0.1) is 11.3 Å². The van der Waals surface area contributed by atoms with Crippen molar-refractivity contribution >= 4 is 27.3 Å². The van der Waals surface area contributed by atoms with Gasteiger partial charge in [-0.05, 0) is 45.9 Å². The lowest BCUT2D eigenvalue weighted by atomic mass is 10.1. The van der Waals surface area contributed by atoms with Crippen molar-refractivity contribution in [3.8, 4) is 0 Å². The first-order valence-electron chi connectivity index (χ1n) is 4.98. The van der Waals surface area contributed by atoms with Gasteiger partial charge in [0, 0.05) is 19.2 Å². The lowest BCUT2D eigenvalue weighted by molar-refractivity contribution is 0.176. The fourth-order valence-electron chi connectivity index (χ4n) is 1.67. The van der Waals surface area contributed by atoms with E-state index in [2.05, 4.69) is 21.0 Å². The van der Waals surface area contributed by atoms with E-state index in [1.165, 1.54) is 0 Å². The largest absolute Gasteiger partial charge is 0.388 e. The van der Waals surface area contributed by atoms with Crippen molar-refractivity contribution in [2.24, 2.45) is 7.05 Å². The summed E-state index contributed by atoms with van der Waals surface area (Å²) in [5, 5.41) is 16.3. The lowest BCUT2D eigenvalue weighted by Gasteiger charge is -2.08. The van der Waals surface area contributed by atoms with Gasteiger partial charge in [0.2, 0.25) is 0 Å². The van der Waals surface area contributed by atoms with Crippen molar-refractivity contribution in [2.45, 2.75) is 19.4 Å². The van der Waals surface area contributed by atoms with Gasteiger partial charge in [-0.3, -0.25) is 4.68 Å². The quantitative estimate of drug-likeness (QED) is 0.946. The second-order valence-corrected chi connectivity index (χ2v) is 6.10. The number of aliphatic hydroxyl groups excluding tert-OH is 1. The molecule has 1 N–H and O–H groups in total. The van der Waals surface area contributed by atoms with Gasteiger partial charge < -0.3 is 5.11 Å². The summed E-state index contributed by atoms with van der Waals surface area (Å²) in [5.41, 5.74) is 2.99. The molecular formula is C11H13BrN2OS. The molecular weight excluding hydrogens is 288 g/mol. The van der Waals surface area contributed by atoms with E-state index >= 15 is 0 Å². The third-order valence-corrected chi connectivity index (χ3v) is 4.00. The molecule has 0 spiro atoms. The van der Waals surface area contributed by atoms with Gasteiger partial charge in [0.05, 0.1) is 15.6 Å². The fraction of sp³-hybridized carbons (Fsp3) is 0.364. The number of rotatable bonds is 3. The normalized spacial score (nSPS) is 13.0. The van der Waals surface area contributed by atoms with Crippen LogP contribution in [0.3, 0.4) is 0 Å². The van der Waals surface area contributed by atoms with E-state index in [0.29, 0.717) is 6.42 Å². The molecule has 2 aromatic heterocycles. The highest BCUT2D eigenvalue weighted by Crippen LogP contribution is 2.27. The summed E-state index contributed by atoms with van der Waals surface area (Å²) in [5.74, 6) is 0. The van der Waals surface area contributed by atoms with Crippen molar-refractivity contribution in [1.82, 2.24) is 9.78 Å². The molecule has 16 heavy (non-hydrogen) atoms. The topological polar surface area (TPSA) is 38.0 Å². The van der Waals surface area contributed by atoms with Gasteiger partial charge in [-0.1, -0.05) is 0 Å². The number of hydrogen-bond acceptors (Lipinski definition) is 3. The maximum atomic E-state index is 10.1. The molecule has 0 aliphatic rings. The molecule has 0 saturated heterocycles. The Kier molecular flexibility index (Phi) is 3.47. The number of hydrogen-bond donors (Lipinski definition) is 1. The third-order valence-electron chi connectivity index (χ3n) is 2.47. The Bertz CT molecular complexity index is 492. The van der Waals surface area contributed by atoms with Gasteiger partial charge in [0.1, 0.15) is 0 Å². The van der Waals surface area contributed by atoms with Crippen LogP contribution in [0.15, 0.2) is 21.3 Å². The average Bonchev–Trinajstić information content (AvgIpc) is 2.74. The highest BCUT2D eigenvalue weighted by molar-refractivity contribution is 9.11. The first kappa shape index (κ1) is 11.8. The molecule has 86 valence electrons. The maximum absolute atomic E-state index is 10.1. The van der Waals surface area contributed by atoms with E-state index in [0.717, 1.165) is 20.7 Å². The minimum absolute atomic E-state index is 0.461. The minimum Gasteiger partial charge on any atom is -0.388 e. The molecule has 2 rings (SSSR count). The summed E-state index contributed by atoms with van der Waals surface area (Å²) in [4.78, 5) is 0. The number of thiophene rings is 1. The van der Waals surface area contributed by atoms with Crippen LogP contribution in [0.25, 0.3) is 0 Å². The lowest BCUT2D eigenvalue weighted by Crippen LogP contribution is -2.05. The van der Waals surface area contributed by atoms with E-state index in [-0.39, 0.29) is 0 Å². The van der Waals surface area contributed by atoms with Gasteiger partial charge >= 0.3 is 0 Å². The molecule has 3 nitrogen and oxygen atoms in total. The van der Waals surface area contributed by atoms with Crippen LogP contribution in [0.2, 0.25) is 0 Å². The van der Waals surface area contributed by atoms with Crippen molar-refractivity contribution in [3.63, 3.8) is 0 Å². The van der Waals surface area contributed by atoms with Crippen molar-refractivity contribution in [3.05, 3.63) is 38.3 Å². The maximum Gasteiger partial charge on any atom is 0.0853 e. The van der Waals surface area contributed by atoms with Crippen molar-refractivity contribution < 1.29 is 5.11 Å². The Morgan fingerprint density at radius 1 is 1.56 bits per heavy atom. The second-order valence-electron chi connectivity index (χ2n) is 3.80. The van der Waals surface area contributed by atoms with Gasteiger partial charge in [0.15, 0.2) is 0 Å². The summed E-state index contributed by atoms with van der Waals surface area (Å²) in [6.45, 7) is 1.96. The van der Waals surface area contributed by atoms with E-state index in [1.807, 2.05) is 36.2 Å². The molecule has 1 unspecified atom stereocenters. The van der Waals surface area contributed by atoms with Crippen LogP contribution in [-0.4, -0.2) is 14.9 Å². The summed E-state index contributed by atoms with van der Waals surface area (Å²) in [7, 11) is 1.90. The molecule has 0 radical (unpaired) electrons. The van der Waals surface area contributed by atoms with Crippen LogP contribution in [-0.2, 0) is 13.5 Å². The Hall–Kier alpha value is -0.650. The van der Waals surface area contributed by atoms with Crippen LogP contribution in [0, 0.1) is 6.92 Å². The standard InChI is InChI=1S/C11H13BrN2OS/c1-7-3-9(14(2)13-7)5-10(15)8-4-11(12)16-6-8/h3-4,6,10,15H,5H2,1-2H3. The molecule has 0 amide bonds. The van der Waals surface area contributed by atoms with Gasteiger partial charge in [-0.25, -0.2) is 0 Å². The monoisotopic (exact) mass is 300 g/mol. The molecule has 0 aromatic carbocycles. The molecule has 1 atom stereocenters. The molecule has 0 aliphatic heterocycles. The summed E-state index contributed by atoms with van der Waals surface area (Å²) < 4.78 is 2.86. The van der Waals surface area contributed by atoms with Crippen molar-refractivity contribution in [1.29, 1.82) is 0 Å². The zero-order valence-electron chi connectivity index (χ0n) is 9.14. The SMILES string of the molecule is Cc1cc(CC(O)c2csc(Br)c2)n(C)n1. The zero-order valence-corrected chi connectivity index (χ0v) is 11.5. The molecule has 0 bridgehead atoms. The van der Waals surface area contributed by atoms with Crippen LogP contribution >= 0.6 is 27.3 Å². The van der Waals surface area contributed by atoms with E-state index in [4.69, 9.17) is 0 Å². The number of aromatic nitrogens is 2. The average molecular weight is 301 g/mol. The highest BCUT2D eigenvalue weighted by atomic mass is 79.9. The van der Waals surface area contributed by atoms with E-state index in [9.17, 15) is 5.11 Å². The van der Waals surface area contributed by atoms with Gasteiger partial charge in [0.25, 0.3) is 0 Å². The number of aryl methyl sites for hydroxylation is 2. The Balaban J connectivity index is 2.13. The fourth-order valence-corrected chi connectivity index (χ4v) is 2.89. The summed E-state index contributed by atoms with van der Waals surface area (Å²) >= 11 is 4.98. The summed E-state index contributed by atoms with van der Waals surface area (Å²) in [6, 6.07) is 3.96. The number of aliphatic hydroxyl groups is 1. The number of halogens is 1. The first-order valence-corrected chi connectivity index (χ1v) is 6.65. The predicted octanol–water partition coefficient (Wildman–Crippen LogP) is 2.83. The third kappa shape index (κ3) is 2.53. The molecule has 2 aromatic rings. The van der Waals surface area contributed by atoms with Crippen LogP contribution < -0.4 is 0 Å². The molecule has 5 heteroatoms. The minimum atomic E-state index is -0.461. The highest BCUT2D eigenvalue weighted by Gasteiger charge is 2.13. The van der Waals surface area contributed by atoms with Gasteiger partial charge in [-0.2, -0.15) is 5.10 Å². The number of nitrogens with zero attached hydrogens (tertiary/aromatic N) is 2. The molecule has 0 aliphatic carbocycles. The second kappa shape index (κ2) is 4.69. The molecule has 2 heterocycles. The van der Waals surface area contributed by atoms with E-state index < -0.39 is 6.10 Å². The predicted molar refractivity (Wildman–Crippen MR) is 68.6 cm³/mol. The van der Waals surface area contributed by atoms with Crippen molar-refractivity contribution in [2.75, 3.05) is 0 Å². The smallest absolute Gasteiger partial charge is 0.0853 e. The van der Waals surface area contributed by atoms with E-state index in [1.54, 1.807) is 11.3 Å². The summed E-state index contributed by atoms with van der Waals surface area (Å²) in [6.07, 6.45) is 0.137. The molecule has 0 fully saturated rings. The van der Waals surface area contributed by atoms with Crippen LogP contribution in [0.1, 0.15) is 23.1 Å². The van der Waals surface area contributed by atoms with Crippen LogP contribution in [0.5, 0.6) is 0 Å². The first-order chi connectivity index (χ1) is 7.56. The zero-order chi connectivity index (χ0) is 11.7. The van der Waals surface area contributed by atoms with Crippen LogP contribution in [0.4, 0.5) is 0 Å². The Morgan fingerprint density at radius 2 is 2.31 bits per heavy atom.